The fourth-order valence-corrected chi connectivity index (χ4v) is 5.87. The van der Waals surface area contributed by atoms with E-state index in [1.54, 1.807) is 0 Å². The van der Waals surface area contributed by atoms with Crippen LogP contribution in [0.3, 0.4) is 0 Å². The van der Waals surface area contributed by atoms with Crippen LogP contribution in [0.1, 0.15) is 170 Å². The van der Waals surface area contributed by atoms with E-state index in [1.807, 2.05) is 39.5 Å². The molecule has 1 aliphatic heterocycles. The molecule has 0 aromatic carbocycles. The summed E-state index contributed by atoms with van der Waals surface area (Å²) in [7, 11) is 0. The number of carbonyl (C=O) groups excluding carboxylic acids is 6. The second kappa shape index (κ2) is 28.7. The lowest BCUT2D eigenvalue weighted by molar-refractivity contribution is -0.140. The molecule has 1 aromatic heterocycles. The van der Waals surface area contributed by atoms with Crippen LogP contribution >= 0.6 is 0 Å². The molecule has 2 heterocycles. The van der Waals surface area contributed by atoms with Crippen molar-refractivity contribution in [2.75, 3.05) is 13.1 Å². The van der Waals surface area contributed by atoms with E-state index in [0.29, 0.717) is 18.3 Å². The summed E-state index contributed by atoms with van der Waals surface area (Å²) in [5.74, 6) is -0.778. The molecule has 308 valence electrons. The Morgan fingerprint density at radius 2 is 1.50 bits per heavy atom. The maximum absolute atomic E-state index is 13.3. The van der Waals surface area contributed by atoms with E-state index in [9.17, 15) is 24.0 Å². The number of aromatic nitrogens is 2. The van der Waals surface area contributed by atoms with Gasteiger partial charge in [-0.3, -0.25) is 29.0 Å². The number of nitrogens with zero attached hydrogens (tertiary/aromatic N) is 3. The average Bonchev–Trinajstić information content (AvgIpc) is 3.90. The van der Waals surface area contributed by atoms with Crippen LogP contribution < -0.4 is 16.0 Å². The maximum atomic E-state index is 13.3. The minimum atomic E-state index is -0.661. The standard InChI is InChI=1S/C21H33N5O3.C10H17NO2.C6H12.C3H8.C2H4O/c1-6-7-15-8-11-26(14(15)2)20(29)18(21(3,4)5)25-17(27)13-24-19(28)16-12-22-9-10-23-16;1-3-7(2)6-9(12)10(13)11-8-4-5-8;1-2-4-6-5-3-1;1-3-2;1-2-3/h9-10,12,14-15,18H,6-8,11,13H2,1-5H3,(H,24,28)(H,25,27);7-8H,3-6H2,1-2H3,(H,11,13);1-6H2;3H2,1-2H3;2H,1H3/t14?,15-,18?;;;;/m0..../s1. The molecule has 4 rings (SSSR count). The summed E-state index contributed by atoms with van der Waals surface area (Å²) in [5.41, 5.74) is -0.318. The second-order valence-corrected chi connectivity index (χ2v) is 15.7. The van der Waals surface area contributed by atoms with Crippen molar-refractivity contribution in [2.24, 2.45) is 17.3 Å². The van der Waals surface area contributed by atoms with Gasteiger partial charge in [0.15, 0.2) is 0 Å². The van der Waals surface area contributed by atoms with Gasteiger partial charge in [0.2, 0.25) is 17.6 Å². The molecule has 3 aliphatic rings. The van der Waals surface area contributed by atoms with Gasteiger partial charge in [-0.25, -0.2) is 4.98 Å². The zero-order valence-corrected chi connectivity index (χ0v) is 35.3. The molecule has 54 heavy (non-hydrogen) atoms. The number of carbonyl (C=O) groups is 6. The summed E-state index contributed by atoms with van der Waals surface area (Å²) in [6.45, 7) is 20.2. The molecule has 1 aromatic rings. The lowest BCUT2D eigenvalue weighted by atomic mass is 9.85. The van der Waals surface area contributed by atoms with Crippen molar-refractivity contribution in [2.45, 2.75) is 177 Å². The smallest absolute Gasteiger partial charge is 0.287 e. The number of ketones is 1. The molecule has 2 aliphatic carbocycles. The zero-order chi connectivity index (χ0) is 41.1. The van der Waals surface area contributed by atoms with E-state index in [1.165, 1.54) is 70.5 Å². The molecule has 3 fully saturated rings. The molecular weight excluding hydrogens is 684 g/mol. The third-order valence-corrected chi connectivity index (χ3v) is 9.38. The summed E-state index contributed by atoms with van der Waals surface area (Å²) in [5, 5.41) is 8.04. The molecule has 4 amide bonds. The van der Waals surface area contributed by atoms with Crippen LogP contribution in [0, 0.1) is 17.3 Å². The summed E-state index contributed by atoms with van der Waals surface area (Å²) in [6.07, 6.45) is 21.8. The van der Waals surface area contributed by atoms with Crippen molar-refractivity contribution in [1.82, 2.24) is 30.8 Å². The Kier molecular flexibility index (Phi) is 26.7. The highest BCUT2D eigenvalue weighted by molar-refractivity contribution is 6.36. The lowest BCUT2D eigenvalue weighted by Gasteiger charge is -2.35. The van der Waals surface area contributed by atoms with Gasteiger partial charge >= 0.3 is 0 Å². The van der Waals surface area contributed by atoms with E-state index in [-0.39, 0.29) is 41.9 Å². The van der Waals surface area contributed by atoms with E-state index < -0.39 is 23.3 Å². The Balaban J connectivity index is 0.000000912. The number of rotatable bonds is 12. The Labute approximate surface area is 326 Å². The number of hydrogen-bond donors (Lipinski definition) is 3. The molecular formula is C42H74N6O6. The van der Waals surface area contributed by atoms with Gasteiger partial charge in [-0.05, 0) is 56.8 Å². The zero-order valence-electron chi connectivity index (χ0n) is 35.3. The number of Topliss-reactive ketones (excluding diaryl/α,β-unsaturated/α-hetero) is 1. The van der Waals surface area contributed by atoms with Crippen molar-refractivity contribution in [3.8, 4) is 0 Å². The molecule has 0 bridgehead atoms. The first-order valence-corrected chi connectivity index (χ1v) is 20.5. The molecule has 12 nitrogen and oxygen atoms in total. The normalized spacial score (nSPS) is 18.4. The third-order valence-electron chi connectivity index (χ3n) is 9.38. The quantitative estimate of drug-likeness (QED) is 0.151. The van der Waals surface area contributed by atoms with Crippen molar-refractivity contribution in [3.05, 3.63) is 24.3 Å². The molecule has 3 unspecified atom stereocenters. The van der Waals surface area contributed by atoms with Gasteiger partial charge < -0.3 is 25.6 Å². The minimum Gasteiger partial charge on any atom is -0.347 e. The van der Waals surface area contributed by atoms with Crippen molar-refractivity contribution < 1.29 is 28.8 Å². The molecule has 0 spiro atoms. The van der Waals surface area contributed by atoms with Gasteiger partial charge in [-0.1, -0.05) is 113 Å². The largest absolute Gasteiger partial charge is 0.347 e. The summed E-state index contributed by atoms with van der Waals surface area (Å²) >= 11 is 0. The highest BCUT2D eigenvalue weighted by Crippen LogP contribution is 2.31. The summed E-state index contributed by atoms with van der Waals surface area (Å²) in [4.78, 5) is 78.7. The highest BCUT2D eigenvalue weighted by Gasteiger charge is 2.41. The molecule has 1 saturated heterocycles. The van der Waals surface area contributed by atoms with E-state index in [4.69, 9.17) is 4.79 Å². The molecule has 2 saturated carbocycles. The second-order valence-electron chi connectivity index (χ2n) is 15.7. The van der Waals surface area contributed by atoms with Gasteiger partial charge in [-0.15, -0.1) is 0 Å². The Bertz CT molecular complexity index is 1220. The predicted molar refractivity (Wildman–Crippen MR) is 216 cm³/mol. The molecule has 3 N–H and O–H groups in total. The topological polar surface area (TPSA) is 168 Å². The lowest BCUT2D eigenvalue weighted by Crippen LogP contribution is -2.57. The fourth-order valence-electron chi connectivity index (χ4n) is 5.87. The van der Waals surface area contributed by atoms with Crippen LogP contribution in [0.5, 0.6) is 0 Å². The molecule has 0 radical (unpaired) electrons. The van der Waals surface area contributed by atoms with Gasteiger partial charge in [0.1, 0.15) is 18.0 Å². The van der Waals surface area contributed by atoms with E-state index >= 15 is 0 Å². The van der Waals surface area contributed by atoms with E-state index in [2.05, 4.69) is 53.6 Å². The maximum Gasteiger partial charge on any atom is 0.287 e. The van der Waals surface area contributed by atoms with Crippen molar-refractivity contribution >= 4 is 35.7 Å². The van der Waals surface area contributed by atoms with Crippen LogP contribution in [-0.4, -0.2) is 81.8 Å². The molecule has 4 atom stereocenters. The van der Waals surface area contributed by atoms with Crippen LogP contribution in [0.2, 0.25) is 0 Å². The third kappa shape index (κ3) is 21.9. The van der Waals surface area contributed by atoms with E-state index in [0.717, 1.165) is 51.4 Å². The summed E-state index contributed by atoms with van der Waals surface area (Å²) < 4.78 is 0. The molecule has 12 heteroatoms. The first kappa shape index (κ1) is 50.3. The van der Waals surface area contributed by atoms with Crippen LogP contribution in [0.15, 0.2) is 18.6 Å². The van der Waals surface area contributed by atoms with Crippen LogP contribution in [0.25, 0.3) is 0 Å². The average molecular weight is 759 g/mol. The number of amides is 4. The number of aldehydes is 1. The number of hydrogen-bond acceptors (Lipinski definition) is 8. The first-order chi connectivity index (χ1) is 25.6. The Morgan fingerprint density at radius 3 is 1.94 bits per heavy atom. The summed E-state index contributed by atoms with van der Waals surface area (Å²) in [6, 6.07) is -0.208. The SMILES string of the molecule is C1CCCCC1.CC=O.CCC.CCC(C)CC(=O)C(=O)NC1CC1.CCC[C@H]1CCN(C(=O)C(NC(=O)CNC(=O)c2cnccn2)C(C)(C)C)C1C. The van der Waals surface area contributed by atoms with Crippen molar-refractivity contribution in [3.63, 3.8) is 0 Å². The minimum absolute atomic E-state index is 0.0581. The van der Waals surface area contributed by atoms with Crippen LogP contribution in [-0.2, 0) is 24.0 Å². The van der Waals surface area contributed by atoms with Gasteiger partial charge in [0, 0.05) is 37.4 Å². The Hall–Kier alpha value is -3.70. The monoisotopic (exact) mass is 759 g/mol. The first-order valence-electron chi connectivity index (χ1n) is 20.5. The highest BCUT2D eigenvalue weighted by atomic mass is 16.2. The van der Waals surface area contributed by atoms with Gasteiger partial charge in [0.25, 0.3) is 11.8 Å². The predicted octanol–water partition coefficient (Wildman–Crippen LogP) is 7.01. The Morgan fingerprint density at radius 1 is 0.944 bits per heavy atom. The number of nitrogens with one attached hydrogen (secondary N) is 3. The number of likely N-dealkylation sites (tertiary alicyclic amines) is 1. The van der Waals surface area contributed by atoms with Gasteiger partial charge in [-0.2, -0.15) is 0 Å². The van der Waals surface area contributed by atoms with Crippen LogP contribution in [0.4, 0.5) is 0 Å². The van der Waals surface area contributed by atoms with Gasteiger partial charge in [0.05, 0.1) is 12.7 Å². The fraction of sp³-hybridized carbons (Fsp3) is 0.762. The van der Waals surface area contributed by atoms with Crippen molar-refractivity contribution in [1.29, 1.82) is 0 Å².